The number of ether oxygens (including phenoxy) is 2. The van der Waals surface area contributed by atoms with E-state index in [1.54, 1.807) is 6.92 Å². The van der Waals surface area contributed by atoms with Crippen molar-refractivity contribution in [2.45, 2.75) is 38.2 Å². The molecule has 2 heterocycles. The van der Waals surface area contributed by atoms with Crippen molar-refractivity contribution >= 4 is 0 Å². The molecular formula is C15H25N3O5. The molecule has 130 valence electrons. The van der Waals surface area contributed by atoms with E-state index in [1.807, 2.05) is 14.1 Å². The van der Waals surface area contributed by atoms with E-state index in [1.165, 1.54) is 10.8 Å². The fraction of sp³-hybridized carbons (Fsp3) is 0.733. The Bertz CT molecular complexity index is 624. The number of nitrogens with zero attached hydrogens (tertiary/aromatic N) is 2. The first-order valence-corrected chi connectivity index (χ1v) is 7.77. The maximum absolute atomic E-state index is 11.9. The van der Waals surface area contributed by atoms with Gasteiger partial charge in [0.25, 0.3) is 5.56 Å². The summed E-state index contributed by atoms with van der Waals surface area (Å²) >= 11 is 0. The molecule has 0 aliphatic carbocycles. The maximum atomic E-state index is 11.9. The molecule has 1 aromatic rings. The summed E-state index contributed by atoms with van der Waals surface area (Å²) in [6.45, 7) is 2.93. The van der Waals surface area contributed by atoms with Gasteiger partial charge in [-0.3, -0.25) is 14.3 Å². The molecule has 0 spiro atoms. The van der Waals surface area contributed by atoms with E-state index < -0.39 is 23.6 Å². The number of aromatic amines is 1. The van der Waals surface area contributed by atoms with Crippen LogP contribution >= 0.6 is 0 Å². The van der Waals surface area contributed by atoms with Crippen LogP contribution < -0.4 is 11.2 Å². The molecule has 0 unspecified atom stereocenters. The van der Waals surface area contributed by atoms with Gasteiger partial charge in [-0.2, -0.15) is 0 Å². The topological polar surface area (TPSA) is 96.8 Å². The number of hydrogen-bond donors (Lipinski definition) is 2. The minimum absolute atomic E-state index is 0.175. The van der Waals surface area contributed by atoms with Gasteiger partial charge >= 0.3 is 5.69 Å². The second-order valence-electron chi connectivity index (χ2n) is 6.09. The van der Waals surface area contributed by atoms with Crippen molar-refractivity contribution in [2.24, 2.45) is 0 Å². The van der Waals surface area contributed by atoms with E-state index >= 15 is 0 Å². The number of rotatable bonds is 7. The Morgan fingerprint density at radius 1 is 1.48 bits per heavy atom. The Labute approximate surface area is 134 Å². The molecule has 1 saturated heterocycles. The highest BCUT2D eigenvalue weighted by Gasteiger charge is 2.37. The van der Waals surface area contributed by atoms with Crippen LogP contribution in [0.5, 0.6) is 0 Å². The quantitative estimate of drug-likeness (QED) is 0.653. The molecule has 0 bridgehead atoms. The smallest absolute Gasteiger partial charge is 0.330 e. The summed E-state index contributed by atoms with van der Waals surface area (Å²) in [7, 11) is 3.99. The lowest BCUT2D eigenvalue weighted by Gasteiger charge is -2.17. The first kappa shape index (κ1) is 17.9. The zero-order chi connectivity index (χ0) is 17.0. The molecule has 0 amide bonds. The van der Waals surface area contributed by atoms with E-state index in [9.17, 15) is 14.7 Å². The highest BCUT2D eigenvalue weighted by Crippen LogP contribution is 2.29. The molecule has 1 aliphatic heterocycles. The molecule has 0 aromatic carbocycles. The van der Waals surface area contributed by atoms with Crippen LogP contribution in [-0.4, -0.2) is 65.6 Å². The van der Waals surface area contributed by atoms with Crippen molar-refractivity contribution in [3.05, 3.63) is 32.6 Å². The molecule has 3 atom stereocenters. The van der Waals surface area contributed by atoms with Crippen molar-refractivity contribution in [1.82, 2.24) is 14.5 Å². The summed E-state index contributed by atoms with van der Waals surface area (Å²) < 4.78 is 12.9. The zero-order valence-electron chi connectivity index (χ0n) is 13.8. The Morgan fingerprint density at radius 3 is 2.87 bits per heavy atom. The van der Waals surface area contributed by atoms with Crippen LogP contribution in [0.25, 0.3) is 0 Å². The number of aliphatic hydroxyl groups is 1. The van der Waals surface area contributed by atoms with Crippen molar-refractivity contribution < 1.29 is 14.6 Å². The predicted molar refractivity (Wildman–Crippen MR) is 84.6 cm³/mol. The monoisotopic (exact) mass is 327 g/mol. The van der Waals surface area contributed by atoms with Gasteiger partial charge in [0.1, 0.15) is 12.3 Å². The van der Waals surface area contributed by atoms with Crippen LogP contribution in [0, 0.1) is 6.92 Å². The van der Waals surface area contributed by atoms with E-state index in [0.29, 0.717) is 18.6 Å². The molecule has 23 heavy (non-hydrogen) atoms. The molecule has 1 fully saturated rings. The summed E-state index contributed by atoms with van der Waals surface area (Å²) in [5.74, 6) is 0. The second-order valence-corrected chi connectivity index (χ2v) is 6.09. The first-order valence-electron chi connectivity index (χ1n) is 7.77. The molecule has 0 radical (unpaired) electrons. The maximum Gasteiger partial charge on any atom is 0.330 e. The summed E-state index contributed by atoms with van der Waals surface area (Å²) in [6, 6.07) is 0. The van der Waals surface area contributed by atoms with Gasteiger partial charge in [-0.05, 0) is 34.0 Å². The fourth-order valence-corrected chi connectivity index (χ4v) is 2.63. The van der Waals surface area contributed by atoms with Gasteiger partial charge < -0.3 is 19.5 Å². The molecule has 8 heteroatoms. The minimum Gasteiger partial charge on any atom is -0.394 e. The summed E-state index contributed by atoms with van der Waals surface area (Å²) in [5.41, 5.74) is -0.487. The van der Waals surface area contributed by atoms with E-state index in [-0.39, 0.29) is 12.7 Å². The van der Waals surface area contributed by atoms with Gasteiger partial charge in [0.15, 0.2) is 0 Å². The van der Waals surface area contributed by atoms with E-state index in [0.717, 1.165) is 13.0 Å². The van der Waals surface area contributed by atoms with Gasteiger partial charge in [-0.1, -0.05) is 0 Å². The predicted octanol–water partition coefficient (Wildman–Crippen LogP) is -0.538. The SMILES string of the molecule is Cc1cn([C@H]2C[C@H](OCCCN(C)C)[C@@H](CO)O2)c(=O)[nH]c1=O. The average molecular weight is 327 g/mol. The molecule has 2 N–H and O–H groups in total. The Balaban J connectivity index is 2.02. The lowest BCUT2D eigenvalue weighted by atomic mass is 10.2. The largest absolute Gasteiger partial charge is 0.394 e. The van der Waals surface area contributed by atoms with Crippen molar-refractivity contribution in [3.8, 4) is 0 Å². The second kappa shape index (κ2) is 7.87. The molecule has 8 nitrogen and oxygen atoms in total. The van der Waals surface area contributed by atoms with Crippen molar-refractivity contribution in [2.75, 3.05) is 33.9 Å². The van der Waals surface area contributed by atoms with Crippen LogP contribution in [-0.2, 0) is 9.47 Å². The van der Waals surface area contributed by atoms with Crippen molar-refractivity contribution in [3.63, 3.8) is 0 Å². The van der Waals surface area contributed by atoms with Crippen LogP contribution in [0.2, 0.25) is 0 Å². The highest BCUT2D eigenvalue weighted by atomic mass is 16.6. The summed E-state index contributed by atoms with van der Waals surface area (Å²) in [5, 5.41) is 9.46. The lowest BCUT2D eigenvalue weighted by Crippen LogP contribution is -2.33. The standard InChI is InChI=1S/C15H25N3O5/c1-10-8-18(15(21)16-14(10)20)13-7-11(12(9-19)23-13)22-6-4-5-17(2)3/h8,11-13,19H,4-7,9H2,1-3H3,(H,16,20,21)/t11-,12+,13+/m0/s1. The molecule has 1 aromatic heterocycles. The van der Waals surface area contributed by atoms with E-state index in [2.05, 4.69) is 9.88 Å². The average Bonchev–Trinajstić information content (AvgIpc) is 2.90. The zero-order valence-corrected chi connectivity index (χ0v) is 13.8. The molecule has 0 saturated carbocycles. The number of hydrogen-bond acceptors (Lipinski definition) is 6. The third kappa shape index (κ3) is 4.51. The van der Waals surface area contributed by atoms with Gasteiger partial charge in [0.2, 0.25) is 0 Å². The van der Waals surface area contributed by atoms with Gasteiger partial charge in [-0.15, -0.1) is 0 Å². The number of aliphatic hydroxyl groups excluding tert-OH is 1. The van der Waals surface area contributed by atoms with Crippen molar-refractivity contribution in [1.29, 1.82) is 0 Å². The summed E-state index contributed by atoms with van der Waals surface area (Å²) in [4.78, 5) is 27.7. The molecule has 2 rings (SSSR count). The lowest BCUT2D eigenvalue weighted by molar-refractivity contribution is -0.0628. The van der Waals surface area contributed by atoms with Gasteiger partial charge in [0.05, 0.1) is 12.7 Å². The number of aryl methyl sites for hydroxylation is 1. The molecular weight excluding hydrogens is 302 g/mol. The number of H-pyrrole nitrogens is 1. The minimum atomic E-state index is -0.547. The fourth-order valence-electron chi connectivity index (χ4n) is 2.63. The normalized spacial score (nSPS) is 24.5. The van der Waals surface area contributed by atoms with Crippen LogP contribution in [0.4, 0.5) is 0 Å². The van der Waals surface area contributed by atoms with Crippen LogP contribution in [0.3, 0.4) is 0 Å². The van der Waals surface area contributed by atoms with Gasteiger partial charge in [-0.25, -0.2) is 4.79 Å². The van der Waals surface area contributed by atoms with Crippen LogP contribution in [0.15, 0.2) is 15.8 Å². The van der Waals surface area contributed by atoms with Gasteiger partial charge in [0, 0.05) is 24.8 Å². The Kier molecular flexibility index (Phi) is 6.11. The van der Waals surface area contributed by atoms with Crippen LogP contribution in [0.1, 0.15) is 24.6 Å². The number of nitrogens with one attached hydrogen (secondary N) is 1. The number of aromatic nitrogens is 2. The summed E-state index contributed by atoms with van der Waals surface area (Å²) in [6.07, 6.45) is 1.52. The highest BCUT2D eigenvalue weighted by molar-refractivity contribution is 5.02. The Morgan fingerprint density at radius 2 is 2.22 bits per heavy atom. The third-order valence-electron chi connectivity index (χ3n) is 3.90. The molecule has 1 aliphatic rings. The van der Waals surface area contributed by atoms with E-state index in [4.69, 9.17) is 9.47 Å². The third-order valence-corrected chi connectivity index (χ3v) is 3.90. The first-order chi connectivity index (χ1) is 10.9. The Hall–Kier alpha value is -1.48.